The molecule has 0 fully saturated rings. The van der Waals surface area contributed by atoms with Crippen molar-refractivity contribution >= 4 is 51.6 Å². The summed E-state index contributed by atoms with van der Waals surface area (Å²) < 4.78 is 1.50. The van der Waals surface area contributed by atoms with Gasteiger partial charge >= 0.3 is 0 Å². The van der Waals surface area contributed by atoms with Gasteiger partial charge in [0.15, 0.2) is 0 Å². The van der Waals surface area contributed by atoms with Gasteiger partial charge in [-0.25, -0.2) is 1.33 Å². The second kappa shape index (κ2) is 4.24. The summed E-state index contributed by atoms with van der Waals surface area (Å²) in [5.41, 5.74) is 0.719. The molecule has 0 aliphatic heterocycles. The molecule has 0 spiro atoms. The van der Waals surface area contributed by atoms with Crippen LogP contribution >= 0.6 is 45.7 Å². The van der Waals surface area contributed by atoms with Crippen molar-refractivity contribution < 1.29 is 4.79 Å². The van der Waals surface area contributed by atoms with Crippen molar-refractivity contribution in [3.63, 3.8) is 0 Å². The summed E-state index contributed by atoms with van der Waals surface area (Å²) in [6, 6.07) is 9.19. The molecule has 0 aliphatic rings. The molecule has 1 amide bonds. The molecule has 1 aromatic carbocycles. The summed E-state index contributed by atoms with van der Waals surface area (Å²) in [5, 5.41) is 0. The Morgan fingerprint density at radius 1 is 1.18 bits per heavy atom. The first-order valence-electron chi connectivity index (χ1n) is 2.93. The van der Waals surface area contributed by atoms with E-state index >= 15 is 0 Å². The fourth-order valence-electron chi connectivity index (χ4n) is 0.678. The normalized spacial score (nSPS) is 9.27. The van der Waals surface area contributed by atoms with Crippen molar-refractivity contribution in [3.8, 4) is 0 Å². The molecular formula is C7H5I2NO. The van der Waals surface area contributed by atoms with Crippen LogP contribution in [0.1, 0.15) is 10.4 Å². The Morgan fingerprint density at radius 3 is 2.18 bits per heavy atom. The lowest BCUT2D eigenvalue weighted by Crippen LogP contribution is -2.09. The highest BCUT2D eigenvalue weighted by Gasteiger charge is 2.08. The molecule has 0 saturated carbocycles. The fourth-order valence-corrected chi connectivity index (χ4v) is 1.24. The smallest absolute Gasteiger partial charge is 0.267 e. The minimum absolute atomic E-state index is 0.0202. The molecule has 0 N–H and O–H groups in total. The van der Waals surface area contributed by atoms with Gasteiger partial charge in [0.2, 0.25) is 0 Å². The largest absolute Gasteiger partial charge is 0.271 e. The number of rotatable bonds is 1. The van der Waals surface area contributed by atoms with E-state index in [9.17, 15) is 4.79 Å². The van der Waals surface area contributed by atoms with Crippen molar-refractivity contribution in [1.29, 1.82) is 0 Å². The van der Waals surface area contributed by atoms with Crippen LogP contribution in [0.3, 0.4) is 0 Å². The molecule has 0 unspecified atom stereocenters. The van der Waals surface area contributed by atoms with E-state index in [1.54, 1.807) is 12.1 Å². The Hall–Kier alpha value is 0.150. The lowest BCUT2D eigenvalue weighted by Gasteiger charge is -2.03. The van der Waals surface area contributed by atoms with E-state index in [0.717, 1.165) is 5.56 Å². The van der Waals surface area contributed by atoms with Gasteiger partial charge in [-0.3, -0.25) is 4.79 Å². The monoisotopic (exact) mass is 373 g/mol. The van der Waals surface area contributed by atoms with Gasteiger partial charge in [-0.2, -0.15) is 0 Å². The molecule has 0 bridgehead atoms. The third-order valence-corrected chi connectivity index (χ3v) is 2.05. The van der Waals surface area contributed by atoms with Crippen molar-refractivity contribution in [2.45, 2.75) is 0 Å². The molecular weight excluding hydrogens is 368 g/mol. The summed E-state index contributed by atoms with van der Waals surface area (Å²) in [7, 11) is 0. The van der Waals surface area contributed by atoms with E-state index in [1.165, 1.54) is 1.33 Å². The SMILES string of the molecule is O=C(c1ccccc1)N(I)I. The Balaban J connectivity index is 2.86. The first kappa shape index (κ1) is 9.24. The molecule has 0 aromatic heterocycles. The molecule has 0 atom stereocenters. The van der Waals surface area contributed by atoms with Gasteiger partial charge in [-0.1, -0.05) is 18.2 Å². The maximum Gasteiger partial charge on any atom is 0.271 e. The van der Waals surface area contributed by atoms with Gasteiger partial charge in [-0.05, 0) is 12.1 Å². The zero-order valence-electron chi connectivity index (χ0n) is 5.50. The van der Waals surface area contributed by atoms with E-state index in [4.69, 9.17) is 0 Å². The predicted molar refractivity (Wildman–Crippen MR) is 60.7 cm³/mol. The Bertz CT molecular complexity index is 248. The number of carbonyl (C=O) groups is 1. The number of amides is 1. The topological polar surface area (TPSA) is 20.3 Å². The van der Waals surface area contributed by atoms with Crippen LogP contribution in [-0.2, 0) is 0 Å². The Kier molecular flexibility index (Phi) is 3.57. The maximum absolute atomic E-state index is 11.3. The average Bonchev–Trinajstić information content (AvgIpc) is 2.05. The van der Waals surface area contributed by atoms with Crippen LogP contribution in [0, 0.1) is 0 Å². The van der Waals surface area contributed by atoms with Crippen LogP contribution in [0.5, 0.6) is 0 Å². The van der Waals surface area contributed by atoms with Crippen molar-refractivity contribution in [2.24, 2.45) is 0 Å². The average molecular weight is 373 g/mol. The molecule has 1 aromatic rings. The molecule has 0 aliphatic carbocycles. The number of hydrogen-bond acceptors (Lipinski definition) is 1. The number of carbonyl (C=O) groups excluding carboxylic acids is 1. The molecule has 4 heteroatoms. The Labute approximate surface area is 93.0 Å². The van der Waals surface area contributed by atoms with Crippen LogP contribution in [0.15, 0.2) is 30.3 Å². The number of halogens is 2. The summed E-state index contributed by atoms with van der Waals surface area (Å²) >= 11 is 3.88. The van der Waals surface area contributed by atoms with Crippen molar-refractivity contribution in [1.82, 2.24) is 1.33 Å². The number of benzene rings is 1. The standard InChI is InChI=1S/C7H5I2NO/c8-10(9)7(11)6-4-2-1-3-5-6/h1-5H. The summed E-state index contributed by atoms with van der Waals surface area (Å²) in [5.74, 6) is 0.0202. The third kappa shape index (κ3) is 2.58. The van der Waals surface area contributed by atoms with Gasteiger partial charge in [0.1, 0.15) is 0 Å². The van der Waals surface area contributed by atoms with Crippen molar-refractivity contribution in [3.05, 3.63) is 35.9 Å². The molecule has 0 radical (unpaired) electrons. The van der Waals surface area contributed by atoms with Gasteiger partial charge in [0.05, 0.1) is 45.7 Å². The predicted octanol–water partition coefficient (Wildman–Crippen LogP) is 2.83. The zero-order valence-corrected chi connectivity index (χ0v) is 9.81. The lowest BCUT2D eigenvalue weighted by molar-refractivity contribution is 0.0952. The van der Waals surface area contributed by atoms with E-state index in [-0.39, 0.29) is 5.91 Å². The van der Waals surface area contributed by atoms with Gasteiger partial charge in [-0.15, -0.1) is 0 Å². The Morgan fingerprint density at radius 2 is 1.73 bits per heavy atom. The third-order valence-electron chi connectivity index (χ3n) is 1.17. The lowest BCUT2D eigenvalue weighted by atomic mass is 10.2. The maximum atomic E-state index is 11.3. The van der Waals surface area contributed by atoms with Crippen molar-refractivity contribution in [2.75, 3.05) is 0 Å². The second-order valence-electron chi connectivity index (χ2n) is 1.90. The highest BCUT2D eigenvalue weighted by Crippen LogP contribution is 2.13. The second-order valence-corrected chi connectivity index (χ2v) is 5.68. The van der Waals surface area contributed by atoms with Gasteiger partial charge in [0.25, 0.3) is 5.91 Å². The minimum atomic E-state index is 0.0202. The summed E-state index contributed by atoms with van der Waals surface area (Å²) in [6.45, 7) is 0. The van der Waals surface area contributed by atoms with Crippen LogP contribution in [0.4, 0.5) is 0 Å². The number of nitrogens with zero attached hydrogens (tertiary/aromatic N) is 1. The molecule has 0 heterocycles. The highest BCUT2D eigenvalue weighted by molar-refractivity contribution is 14.2. The van der Waals surface area contributed by atoms with Crippen LogP contribution in [0.25, 0.3) is 0 Å². The van der Waals surface area contributed by atoms with Crippen LogP contribution < -0.4 is 0 Å². The van der Waals surface area contributed by atoms with E-state index < -0.39 is 0 Å². The number of hydrogen-bond donors (Lipinski definition) is 0. The van der Waals surface area contributed by atoms with Crippen LogP contribution in [-0.4, -0.2) is 7.23 Å². The van der Waals surface area contributed by atoms with E-state index in [2.05, 4.69) is 0 Å². The first-order valence-corrected chi connectivity index (χ1v) is 4.86. The molecule has 1 rings (SSSR count). The van der Waals surface area contributed by atoms with Gasteiger partial charge < -0.3 is 0 Å². The molecule has 0 saturated heterocycles. The molecule has 11 heavy (non-hydrogen) atoms. The van der Waals surface area contributed by atoms with Crippen LogP contribution in [0.2, 0.25) is 0 Å². The minimum Gasteiger partial charge on any atom is -0.267 e. The zero-order chi connectivity index (χ0) is 8.27. The molecule has 58 valence electrons. The fraction of sp³-hybridized carbons (Fsp3) is 0. The van der Waals surface area contributed by atoms with E-state index in [0.29, 0.717) is 0 Å². The molecule has 2 nitrogen and oxygen atoms in total. The highest BCUT2D eigenvalue weighted by atomic mass is 127. The first-order chi connectivity index (χ1) is 5.22. The van der Waals surface area contributed by atoms with E-state index in [1.807, 2.05) is 63.9 Å². The summed E-state index contributed by atoms with van der Waals surface area (Å²) in [6.07, 6.45) is 0. The van der Waals surface area contributed by atoms with Gasteiger partial charge in [0, 0.05) is 5.56 Å². The quantitative estimate of drug-likeness (QED) is 0.548. The summed E-state index contributed by atoms with van der Waals surface area (Å²) in [4.78, 5) is 11.3.